The average Bonchev–Trinajstić information content (AvgIpc) is 2.85. The summed E-state index contributed by atoms with van der Waals surface area (Å²) in [6.07, 6.45) is 1.78. The molecule has 0 atom stereocenters. The standard InChI is InChI=1S/C14H19N3O2/c1-3-5-13-16-12(17-19-13)9-18-14-10(2)6-4-7-11(14)8-15/h4,6-7H,3,5,8-9,15H2,1-2H3. The van der Waals surface area contributed by atoms with Crippen molar-refractivity contribution in [2.75, 3.05) is 0 Å². The first kappa shape index (κ1) is 13.5. The van der Waals surface area contributed by atoms with Crippen LogP contribution in [0.15, 0.2) is 22.7 Å². The van der Waals surface area contributed by atoms with Crippen molar-refractivity contribution in [2.24, 2.45) is 5.73 Å². The molecule has 1 aromatic heterocycles. The maximum Gasteiger partial charge on any atom is 0.226 e. The lowest BCUT2D eigenvalue weighted by atomic mass is 10.1. The average molecular weight is 261 g/mol. The fraction of sp³-hybridized carbons (Fsp3) is 0.429. The van der Waals surface area contributed by atoms with Crippen molar-refractivity contribution in [1.29, 1.82) is 0 Å². The van der Waals surface area contributed by atoms with Gasteiger partial charge in [0.05, 0.1) is 0 Å². The Balaban J connectivity index is 2.05. The van der Waals surface area contributed by atoms with Gasteiger partial charge in [-0.05, 0) is 18.9 Å². The van der Waals surface area contributed by atoms with E-state index in [1.165, 1.54) is 0 Å². The fourth-order valence-electron chi connectivity index (χ4n) is 1.88. The maximum atomic E-state index is 5.77. The summed E-state index contributed by atoms with van der Waals surface area (Å²) >= 11 is 0. The van der Waals surface area contributed by atoms with Crippen LogP contribution in [0.3, 0.4) is 0 Å². The Kier molecular flexibility index (Phi) is 4.52. The third kappa shape index (κ3) is 3.32. The van der Waals surface area contributed by atoms with E-state index in [0.29, 0.717) is 24.9 Å². The second-order valence-electron chi connectivity index (χ2n) is 4.41. The summed E-state index contributed by atoms with van der Waals surface area (Å²) < 4.78 is 10.9. The van der Waals surface area contributed by atoms with Gasteiger partial charge in [-0.1, -0.05) is 30.3 Å². The normalized spacial score (nSPS) is 10.7. The van der Waals surface area contributed by atoms with Crippen molar-refractivity contribution in [3.05, 3.63) is 41.0 Å². The first-order valence-electron chi connectivity index (χ1n) is 6.47. The molecule has 2 aromatic rings. The van der Waals surface area contributed by atoms with E-state index in [-0.39, 0.29) is 0 Å². The SMILES string of the molecule is CCCc1nc(COc2c(C)cccc2CN)no1. The highest BCUT2D eigenvalue weighted by Crippen LogP contribution is 2.23. The molecule has 0 aliphatic rings. The zero-order valence-corrected chi connectivity index (χ0v) is 11.3. The van der Waals surface area contributed by atoms with E-state index in [1.807, 2.05) is 25.1 Å². The zero-order chi connectivity index (χ0) is 13.7. The Morgan fingerprint density at radius 3 is 2.95 bits per heavy atom. The Morgan fingerprint density at radius 2 is 2.21 bits per heavy atom. The van der Waals surface area contributed by atoms with Gasteiger partial charge in [0.1, 0.15) is 5.75 Å². The second-order valence-corrected chi connectivity index (χ2v) is 4.41. The molecule has 5 heteroatoms. The van der Waals surface area contributed by atoms with Gasteiger partial charge in [0.25, 0.3) is 0 Å². The van der Waals surface area contributed by atoms with Crippen molar-refractivity contribution in [1.82, 2.24) is 10.1 Å². The monoisotopic (exact) mass is 261 g/mol. The van der Waals surface area contributed by atoms with E-state index in [9.17, 15) is 0 Å². The number of ether oxygens (including phenoxy) is 1. The predicted molar refractivity (Wildman–Crippen MR) is 71.7 cm³/mol. The number of nitrogens with zero attached hydrogens (tertiary/aromatic N) is 2. The van der Waals surface area contributed by atoms with Gasteiger partial charge in [-0.15, -0.1) is 0 Å². The summed E-state index contributed by atoms with van der Waals surface area (Å²) in [7, 11) is 0. The molecule has 0 amide bonds. The molecule has 2 rings (SSSR count). The van der Waals surface area contributed by atoms with E-state index in [2.05, 4.69) is 17.1 Å². The van der Waals surface area contributed by atoms with E-state index < -0.39 is 0 Å². The van der Waals surface area contributed by atoms with Crippen LogP contribution >= 0.6 is 0 Å². The number of rotatable bonds is 6. The molecule has 19 heavy (non-hydrogen) atoms. The van der Waals surface area contributed by atoms with Gasteiger partial charge in [-0.2, -0.15) is 4.98 Å². The molecule has 0 aliphatic heterocycles. The first-order chi connectivity index (χ1) is 9.24. The molecule has 0 spiro atoms. The van der Waals surface area contributed by atoms with E-state index in [1.54, 1.807) is 0 Å². The van der Waals surface area contributed by atoms with Crippen molar-refractivity contribution < 1.29 is 9.26 Å². The van der Waals surface area contributed by atoms with E-state index >= 15 is 0 Å². The number of hydrogen-bond donors (Lipinski definition) is 1. The van der Waals surface area contributed by atoms with Gasteiger partial charge in [-0.25, -0.2) is 0 Å². The molecular weight excluding hydrogens is 242 g/mol. The Bertz CT molecular complexity index is 537. The third-order valence-corrected chi connectivity index (χ3v) is 2.83. The molecule has 0 saturated heterocycles. The Morgan fingerprint density at radius 1 is 1.37 bits per heavy atom. The molecule has 0 unspecified atom stereocenters. The van der Waals surface area contributed by atoms with Crippen molar-refractivity contribution in [3.8, 4) is 5.75 Å². The number of hydrogen-bond acceptors (Lipinski definition) is 5. The molecule has 2 N–H and O–H groups in total. The quantitative estimate of drug-likeness (QED) is 0.864. The molecule has 0 saturated carbocycles. The van der Waals surface area contributed by atoms with E-state index in [4.69, 9.17) is 15.0 Å². The van der Waals surface area contributed by atoms with Gasteiger partial charge < -0.3 is 15.0 Å². The molecule has 0 fully saturated rings. The summed E-state index contributed by atoms with van der Waals surface area (Å²) in [5.41, 5.74) is 7.74. The number of benzene rings is 1. The van der Waals surface area contributed by atoms with Crippen LogP contribution in [0.1, 0.15) is 36.2 Å². The number of aryl methyl sites for hydroxylation is 2. The largest absolute Gasteiger partial charge is 0.485 e. The van der Waals surface area contributed by atoms with Crippen LogP contribution in [-0.2, 0) is 19.6 Å². The smallest absolute Gasteiger partial charge is 0.226 e. The van der Waals surface area contributed by atoms with Gasteiger partial charge in [0.15, 0.2) is 6.61 Å². The van der Waals surface area contributed by atoms with Crippen LogP contribution in [0, 0.1) is 6.92 Å². The lowest BCUT2D eigenvalue weighted by Crippen LogP contribution is -2.05. The van der Waals surface area contributed by atoms with Crippen molar-refractivity contribution >= 4 is 0 Å². The number of para-hydroxylation sites is 1. The highest BCUT2D eigenvalue weighted by Gasteiger charge is 2.09. The topological polar surface area (TPSA) is 74.2 Å². The zero-order valence-electron chi connectivity index (χ0n) is 11.3. The van der Waals surface area contributed by atoms with Gasteiger partial charge >= 0.3 is 0 Å². The molecule has 102 valence electrons. The van der Waals surface area contributed by atoms with Crippen LogP contribution < -0.4 is 10.5 Å². The van der Waals surface area contributed by atoms with Crippen LogP contribution in [0.25, 0.3) is 0 Å². The lowest BCUT2D eigenvalue weighted by molar-refractivity contribution is 0.281. The van der Waals surface area contributed by atoms with Crippen LogP contribution in [0.5, 0.6) is 5.75 Å². The minimum atomic E-state index is 0.297. The van der Waals surface area contributed by atoms with Crippen LogP contribution in [0.4, 0.5) is 0 Å². The number of aromatic nitrogens is 2. The minimum absolute atomic E-state index is 0.297. The lowest BCUT2D eigenvalue weighted by Gasteiger charge is -2.11. The molecule has 1 aromatic carbocycles. The van der Waals surface area contributed by atoms with Gasteiger partial charge in [0, 0.05) is 18.5 Å². The molecule has 0 aliphatic carbocycles. The molecule has 1 heterocycles. The minimum Gasteiger partial charge on any atom is -0.485 e. The summed E-state index contributed by atoms with van der Waals surface area (Å²) in [5.74, 6) is 2.03. The Hall–Kier alpha value is -1.88. The maximum absolute atomic E-state index is 5.77. The van der Waals surface area contributed by atoms with Crippen LogP contribution in [-0.4, -0.2) is 10.1 Å². The van der Waals surface area contributed by atoms with Gasteiger partial charge in [-0.3, -0.25) is 0 Å². The van der Waals surface area contributed by atoms with Crippen molar-refractivity contribution in [2.45, 2.75) is 39.8 Å². The molecular formula is C14H19N3O2. The first-order valence-corrected chi connectivity index (χ1v) is 6.47. The Labute approximate surface area is 112 Å². The van der Waals surface area contributed by atoms with Crippen molar-refractivity contribution in [3.63, 3.8) is 0 Å². The third-order valence-electron chi connectivity index (χ3n) is 2.83. The highest BCUT2D eigenvalue weighted by molar-refractivity contribution is 5.40. The number of nitrogens with two attached hydrogens (primary N) is 1. The molecule has 5 nitrogen and oxygen atoms in total. The summed E-state index contributed by atoms with van der Waals surface area (Å²) in [5, 5.41) is 3.89. The molecule has 0 radical (unpaired) electrons. The highest BCUT2D eigenvalue weighted by atomic mass is 16.5. The molecule has 0 bridgehead atoms. The van der Waals surface area contributed by atoms with E-state index in [0.717, 1.165) is 29.7 Å². The summed E-state index contributed by atoms with van der Waals surface area (Å²) in [6, 6.07) is 5.92. The summed E-state index contributed by atoms with van der Waals surface area (Å²) in [4.78, 5) is 4.27. The summed E-state index contributed by atoms with van der Waals surface area (Å²) in [6.45, 7) is 4.81. The van der Waals surface area contributed by atoms with Gasteiger partial charge in [0.2, 0.25) is 11.7 Å². The second kappa shape index (κ2) is 6.33. The predicted octanol–water partition coefficient (Wildman–Crippen LogP) is 2.37. The fourth-order valence-corrected chi connectivity index (χ4v) is 1.88. The van der Waals surface area contributed by atoms with Crippen LogP contribution in [0.2, 0.25) is 0 Å².